The zero-order chi connectivity index (χ0) is 15.9. The molecule has 0 aliphatic rings. The van der Waals surface area contributed by atoms with Crippen LogP contribution in [0.2, 0.25) is 0 Å². The molecule has 0 atom stereocenters. The number of nitrogens with zero attached hydrogens (tertiary/aromatic N) is 1. The van der Waals surface area contributed by atoms with E-state index in [4.69, 9.17) is 0 Å². The maximum atomic E-state index is 12.2. The third kappa shape index (κ3) is 3.47. The van der Waals surface area contributed by atoms with E-state index in [1.165, 1.54) is 13.2 Å². The molecule has 22 heavy (non-hydrogen) atoms. The SMILES string of the molecule is COC(=O)c1ccc(/C=C(/C#N)C(=O)c2ccccc2)cc1. The molecule has 0 aromatic heterocycles. The Labute approximate surface area is 128 Å². The van der Waals surface area contributed by atoms with Gasteiger partial charge in [-0.1, -0.05) is 42.5 Å². The number of hydrogen-bond donors (Lipinski definition) is 0. The van der Waals surface area contributed by atoms with Crippen molar-refractivity contribution in [1.29, 1.82) is 5.26 Å². The Morgan fingerprint density at radius 2 is 1.64 bits per heavy atom. The maximum Gasteiger partial charge on any atom is 0.337 e. The van der Waals surface area contributed by atoms with Crippen LogP contribution in [-0.4, -0.2) is 18.9 Å². The first-order chi connectivity index (χ1) is 10.7. The van der Waals surface area contributed by atoms with Crippen molar-refractivity contribution in [3.8, 4) is 6.07 Å². The summed E-state index contributed by atoms with van der Waals surface area (Å²) in [7, 11) is 1.31. The van der Waals surface area contributed by atoms with Gasteiger partial charge in [-0.25, -0.2) is 4.79 Å². The fourth-order valence-corrected chi connectivity index (χ4v) is 1.89. The quantitative estimate of drug-likeness (QED) is 0.375. The highest BCUT2D eigenvalue weighted by atomic mass is 16.5. The molecule has 4 heteroatoms. The highest BCUT2D eigenvalue weighted by Gasteiger charge is 2.11. The van der Waals surface area contributed by atoms with Gasteiger partial charge in [0.2, 0.25) is 5.78 Å². The lowest BCUT2D eigenvalue weighted by molar-refractivity contribution is 0.0600. The Bertz CT molecular complexity index is 753. The van der Waals surface area contributed by atoms with Crippen LogP contribution in [-0.2, 0) is 4.74 Å². The van der Waals surface area contributed by atoms with Crippen LogP contribution in [0.25, 0.3) is 6.08 Å². The Morgan fingerprint density at radius 3 is 2.18 bits per heavy atom. The molecule has 2 rings (SSSR count). The number of ether oxygens (including phenoxy) is 1. The normalized spacial score (nSPS) is 10.6. The van der Waals surface area contributed by atoms with Gasteiger partial charge in [0.15, 0.2) is 0 Å². The van der Waals surface area contributed by atoms with E-state index < -0.39 is 5.97 Å². The van der Waals surface area contributed by atoms with Gasteiger partial charge in [0.25, 0.3) is 0 Å². The monoisotopic (exact) mass is 291 g/mol. The van der Waals surface area contributed by atoms with Gasteiger partial charge in [0.05, 0.1) is 12.7 Å². The number of rotatable bonds is 4. The van der Waals surface area contributed by atoms with E-state index in [-0.39, 0.29) is 11.4 Å². The molecular formula is C18H13NO3. The minimum atomic E-state index is -0.434. The van der Waals surface area contributed by atoms with E-state index in [0.717, 1.165) is 0 Å². The molecule has 0 bridgehead atoms. The van der Waals surface area contributed by atoms with Crippen molar-refractivity contribution in [1.82, 2.24) is 0 Å². The summed E-state index contributed by atoms with van der Waals surface area (Å²) in [6.45, 7) is 0. The molecule has 0 aliphatic carbocycles. The van der Waals surface area contributed by atoms with Crippen molar-refractivity contribution in [3.63, 3.8) is 0 Å². The van der Waals surface area contributed by atoms with Crippen molar-refractivity contribution in [2.45, 2.75) is 0 Å². The molecule has 0 saturated heterocycles. The van der Waals surface area contributed by atoms with Crippen LogP contribution in [0.1, 0.15) is 26.3 Å². The summed E-state index contributed by atoms with van der Waals surface area (Å²) >= 11 is 0. The molecule has 0 aliphatic heterocycles. The Kier molecular flexibility index (Phi) is 4.84. The lowest BCUT2D eigenvalue weighted by Gasteiger charge is -2.01. The van der Waals surface area contributed by atoms with Crippen LogP contribution in [0.4, 0.5) is 0 Å². The number of ketones is 1. The molecule has 0 saturated carbocycles. The topological polar surface area (TPSA) is 67.2 Å². The lowest BCUT2D eigenvalue weighted by Crippen LogP contribution is -2.02. The summed E-state index contributed by atoms with van der Waals surface area (Å²) in [4.78, 5) is 23.6. The van der Waals surface area contributed by atoms with E-state index >= 15 is 0 Å². The van der Waals surface area contributed by atoms with Crippen molar-refractivity contribution >= 4 is 17.8 Å². The second-order valence-corrected chi connectivity index (χ2v) is 4.48. The average molecular weight is 291 g/mol. The second kappa shape index (κ2) is 7.00. The molecule has 2 aromatic carbocycles. The number of nitriles is 1. The van der Waals surface area contributed by atoms with E-state index in [0.29, 0.717) is 16.7 Å². The molecule has 0 spiro atoms. The predicted octanol–water partition coefficient (Wildman–Crippen LogP) is 3.26. The highest BCUT2D eigenvalue weighted by Crippen LogP contribution is 2.13. The summed E-state index contributed by atoms with van der Waals surface area (Å²) in [6, 6.07) is 17.0. The van der Waals surface area contributed by atoms with Crippen LogP contribution in [0, 0.1) is 11.3 Å². The van der Waals surface area contributed by atoms with Crippen LogP contribution in [0.3, 0.4) is 0 Å². The first-order valence-electron chi connectivity index (χ1n) is 6.55. The third-order valence-electron chi connectivity index (χ3n) is 3.04. The number of hydrogen-bond acceptors (Lipinski definition) is 4. The lowest BCUT2D eigenvalue weighted by atomic mass is 10.0. The molecule has 2 aromatic rings. The van der Waals surface area contributed by atoms with E-state index in [2.05, 4.69) is 4.74 Å². The van der Waals surface area contributed by atoms with Gasteiger partial charge in [-0.05, 0) is 23.8 Å². The smallest absolute Gasteiger partial charge is 0.337 e. The summed E-state index contributed by atoms with van der Waals surface area (Å²) in [6.07, 6.45) is 1.50. The molecule has 0 heterocycles. The maximum absolute atomic E-state index is 12.2. The van der Waals surface area contributed by atoms with Crippen LogP contribution in [0.5, 0.6) is 0 Å². The molecule has 108 valence electrons. The average Bonchev–Trinajstić information content (AvgIpc) is 2.59. The zero-order valence-corrected chi connectivity index (χ0v) is 11.9. The van der Waals surface area contributed by atoms with Crippen molar-refractivity contribution < 1.29 is 14.3 Å². The summed E-state index contributed by atoms with van der Waals surface area (Å²) in [5, 5.41) is 9.19. The minimum absolute atomic E-state index is 0.0389. The largest absolute Gasteiger partial charge is 0.465 e. The number of carbonyl (C=O) groups is 2. The van der Waals surface area contributed by atoms with Gasteiger partial charge in [-0.2, -0.15) is 5.26 Å². The third-order valence-corrected chi connectivity index (χ3v) is 3.04. The van der Waals surface area contributed by atoms with Crippen molar-refractivity contribution in [2.75, 3.05) is 7.11 Å². The molecule has 0 unspecified atom stereocenters. The Balaban J connectivity index is 2.28. The number of esters is 1. The molecule has 0 amide bonds. The van der Waals surface area contributed by atoms with Crippen molar-refractivity contribution in [3.05, 3.63) is 76.9 Å². The van der Waals surface area contributed by atoms with E-state index in [9.17, 15) is 14.9 Å². The van der Waals surface area contributed by atoms with Gasteiger partial charge >= 0.3 is 5.97 Å². The van der Waals surface area contributed by atoms with Crippen molar-refractivity contribution in [2.24, 2.45) is 0 Å². The number of Topliss-reactive ketones (excluding diaryl/α,β-unsaturated/α-hetero) is 1. The summed E-state index contributed by atoms with van der Waals surface area (Å²) < 4.78 is 4.61. The standard InChI is InChI=1S/C18H13NO3/c1-22-18(21)15-9-7-13(8-10-15)11-16(12-19)17(20)14-5-3-2-4-6-14/h2-11H,1H3/b16-11-. The van der Waals surface area contributed by atoms with Gasteiger partial charge in [-0.3, -0.25) is 4.79 Å². The van der Waals surface area contributed by atoms with E-state index in [1.54, 1.807) is 54.6 Å². The summed E-state index contributed by atoms with van der Waals surface area (Å²) in [5.41, 5.74) is 1.57. The van der Waals surface area contributed by atoms with E-state index in [1.807, 2.05) is 6.07 Å². The number of methoxy groups -OCH3 is 1. The molecule has 0 N–H and O–H groups in total. The number of benzene rings is 2. The predicted molar refractivity (Wildman–Crippen MR) is 82.1 cm³/mol. The number of carbonyl (C=O) groups excluding carboxylic acids is 2. The summed E-state index contributed by atoms with van der Waals surface area (Å²) in [5.74, 6) is -0.767. The molecular weight excluding hydrogens is 278 g/mol. The Morgan fingerprint density at radius 1 is 1.00 bits per heavy atom. The molecule has 0 radical (unpaired) electrons. The minimum Gasteiger partial charge on any atom is -0.465 e. The Hall–Kier alpha value is -3.19. The van der Waals surface area contributed by atoms with Gasteiger partial charge in [-0.15, -0.1) is 0 Å². The van der Waals surface area contributed by atoms with Gasteiger partial charge < -0.3 is 4.74 Å². The fourth-order valence-electron chi connectivity index (χ4n) is 1.89. The van der Waals surface area contributed by atoms with Crippen LogP contribution < -0.4 is 0 Å². The second-order valence-electron chi connectivity index (χ2n) is 4.48. The van der Waals surface area contributed by atoms with Crippen LogP contribution in [0.15, 0.2) is 60.2 Å². The fraction of sp³-hybridized carbons (Fsp3) is 0.0556. The zero-order valence-electron chi connectivity index (χ0n) is 11.9. The highest BCUT2D eigenvalue weighted by molar-refractivity contribution is 6.14. The van der Waals surface area contributed by atoms with Gasteiger partial charge in [0, 0.05) is 5.56 Å². The van der Waals surface area contributed by atoms with Gasteiger partial charge in [0.1, 0.15) is 11.6 Å². The number of allylic oxidation sites excluding steroid dienone is 1. The first kappa shape index (κ1) is 15.2. The first-order valence-corrected chi connectivity index (χ1v) is 6.55. The molecule has 0 fully saturated rings. The molecule has 4 nitrogen and oxygen atoms in total. The van der Waals surface area contributed by atoms with Crippen LogP contribution >= 0.6 is 0 Å².